The van der Waals surface area contributed by atoms with E-state index < -0.39 is 11.7 Å². The van der Waals surface area contributed by atoms with Gasteiger partial charge in [0.15, 0.2) is 0 Å². The average molecular weight is 441 g/mol. The van der Waals surface area contributed by atoms with Crippen molar-refractivity contribution < 1.29 is 13.2 Å². The number of hydrogen-bond acceptors (Lipinski definition) is 6. The largest absolute Gasteiger partial charge is 0.417 e. The fourth-order valence-electron chi connectivity index (χ4n) is 3.73. The van der Waals surface area contributed by atoms with Gasteiger partial charge in [0.1, 0.15) is 22.8 Å². The third kappa shape index (κ3) is 3.93. The highest BCUT2D eigenvalue weighted by atomic mass is 32.1. The Morgan fingerprint density at radius 2 is 1.58 bits per heavy atom. The van der Waals surface area contributed by atoms with E-state index in [-0.39, 0.29) is 0 Å². The summed E-state index contributed by atoms with van der Waals surface area (Å²) in [5, 5.41) is 1.02. The zero-order valence-electron chi connectivity index (χ0n) is 16.4. The molecule has 1 aliphatic heterocycles. The second-order valence-corrected chi connectivity index (χ2v) is 8.30. The molecule has 4 heterocycles. The van der Waals surface area contributed by atoms with Crippen LogP contribution in [0.5, 0.6) is 0 Å². The summed E-state index contributed by atoms with van der Waals surface area (Å²) in [6.07, 6.45) is -1.89. The molecule has 5 rings (SSSR count). The van der Waals surface area contributed by atoms with E-state index in [0.717, 1.165) is 38.7 Å². The minimum absolute atomic E-state index is 0.558. The van der Waals surface area contributed by atoms with Crippen LogP contribution in [0.4, 0.5) is 24.8 Å². The highest BCUT2D eigenvalue weighted by Gasteiger charge is 2.31. The minimum atomic E-state index is -4.37. The van der Waals surface area contributed by atoms with Crippen LogP contribution >= 0.6 is 11.3 Å². The summed E-state index contributed by atoms with van der Waals surface area (Å²) < 4.78 is 38.3. The van der Waals surface area contributed by atoms with Gasteiger partial charge in [0, 0.05) is 37.3 Å². The van der Waals surface area contributed by atoms with Crippen LogP contribution in [0.3, 0.4) is 0 Å². The lowest BCUT2D eigenvalue weighted by Gasteiger charge is -2.36. The lowest BCUT2D eigenvalue weighted by Crippen LogP contribution is -2.47. The van der Waals surface area contributed by atoms with Crippen molar-refractivity contribution in [3.05, 3.63) is 66.6 Å². The Bertz CT molecular complexity index is 1180. The van der Waals surface area contributed by atoms with E-state index in [1.807, 2.05) is 23.1 Å². The molecule has 1 aliphatic rings. The molecule has 0 aliphatic carbocycles. The number of rotatable bonds is 3. The molecule has 9 heteroatoms. The maximum atomic E-state index is 12.8. The van der Waals surface area contributed by atoms with Gasteiger partial charge in [-0.05, 0) is 23.8 Å². The van der Waals surface area contributed by atoms with Gasteiger partial charge in [0.25, 0.3) is 0 Å². The number of fused-ring (bicyclic) bond motifs is 1. The third-order valence-corrected chi connectivity index (χ3v) is 6.44. The molecule has 0 atom stereocenters. The molecule has 0 unspecified atom stereocenters. The summed E-state index contributed by atoms with van der Waals surface area (Å²) in [5.74, 6) is 1.45. The van der Waals surface area contributed by atoms with Crippen LogP contribution in [-0.4, -0.2) is 41.1 Å². The van der Waals surface area contributed by atoms with Crippen molar-refractivity contribution in [1.29, 1.82) is 0 Å². The zero-order valence-corrected chi connectivity index (χ0v) is 17.2. The predicted octanol–water partition coefficient (Wildman–Crippen LogP) is 5.10. The fourth-order valence-corrected chi connectivity index (χ4v) is 4.73. The Morgan fingerprint density at radius 1 is 0.839 bits per heavy atom. The summed E-state index contributed by atoms with van der Waals surface area (Å²) in [4.78, 5) is 19.3. The summed E-state index contributed by atoms with van der Waals surface area (Å²) >= 11 is 1.64. The van der Waals surface area contributed by atoms with E-state index in [0.29, 0.717) is 32.0 Å². The molecule has 4 aromatic rings. The topological polar surface area (TPSA) is 45.2 Å². The van der Waals surface area contributed by atoms with Gasteiger partial charge in [-0.15, -0.1) is 11.3 Å². The monoisotopic (exact) mass is 441 g/mol. The maximum Gasteiger partial charge on any atom is 0.417 e. The van der Waals surface area contributed by atoms with Gasteiger partial charge in [-0.3, -0.25) is 0 Å². The van der Waals surface area contributed by atoms with Crippen molar-refractivity contribution in [3.8, 4) is 10.4 Å². The Labute approximate surface area is 180 Å². The highest BCUT2D eigenvalue weighted by molar-refractivity contribution is 7.21. The lowest BCUT2D eigenvalue weighted by molar-refractivity contribution is -0.137. The van der Waals surface area contributed by atoms with Gasteiger partial charge in [-0.1, -0.05) is 30.3 Å². The van der Waals surface area contributed by atoms with Crippen molar-refractivity contribution >= 4 is 33.2 Å². The SMILES string of the molecule is FC(F)(F)c1ccc(N2CCN(c3ncnc4sc(-c5ccccc5)cc34)CC2)nc1. The van der Waals surface area contributed by atoms with Gasteiger partial charge >= 0.3 is 6.18 Å². The molecule has 158 valence electrons. The second kappa shape index (κ2) is 7.81. The van der Waals surface area contributed by atoms with Crippen LogP contribution in [0.2, 0.25) is 0 Å². The van der Waals surface area contributed by atoms with Gasteiger partial charge in [0.05, 0.1) is 10.9 Å². The molecule has 0 amide bonds. The van der Waals surface area contributed by atoms with Crippen molar-refractivity contribution in [1.82, 2.24) is 15.0 Å². The summed E-state index contributed by atoms with van der Waals surface area (Å²) in [6, 6.07) is 14.8. The first-order valence-corrected chi connectivity index (χ1v) is 10.6. The number of aromatic nitrogens is 3. The van der Waals surface area contributed by atoms with E-state index in [1.54, 1.807) is 17.7 Å². The summed E-state index contributed by atoms with van der Waals surface area (Å²) in [6.45, 7) is 2.70. The Morgan fingerprint density at radius 3 is 2.26 bits per heavy atom. The third-order valence-electron chi connectivity index (χ3n) is 5.35. The zero-order chi connectivity index (χ0) is 21.4. The first-order valence-electron chi connectivity index (χ1n) is 9.82. The molecule has 3 aromatic heterocycles. The van der Waals surface area contributed by atoms with Crippen LogP contribution in [0.1, 0.15) is 5.56 Å². The van der Waals surface area contributed by atoms with E-state index in [9.17, 15) is 13.2 Å². The Balaban J connectivity index is 1.34. The first kappa shape index (κ1) is 19.7. The Kier molecular flexibility index (Phi) is 4.97. The smallest absolute Gasteiger partial charge is 0.353 e. The highest BCUT2D eigenvalue weighted by Crippen LogP contribution is 2.36. The minimum Gasteiger partial charge on any atom is -0.353 e. The first-order chi connectivity index (χ1) is 15.0. The van der Waals surface area contributed by atoms with Crippen molar-refractivity contribution in [2.45, 2.75) is 6.18 Å². The second-order valence-electron chi connectivity index (χ2n) is 7.27. The normalized spacial score (nSPS) is 14.9. The van der Waals surface area contributed by atoms with Gasteiger partial charge in [-0.2, -0.15) is 13.2 Å². The Hall–Kier alpha value is -3.20. The van der Waals surface area contributed by atoms with E-state index in [1.165, 1.54) is 6.07 Å². The fraction of sp³-hybridized carbons (Fsp3) is 0.227. The maximum absolute atomic E-state index is 12.8. The summed E-state index contributed by atoms with van der Waals surface area (Å²) in [7, 11) is 0. The molecule has 1 aromatic carbocycles. The number of piperazine rings is 1. The quantitative estimate of drug-likeness (QED) is 0.443. The molecule has 1 saturated heterocycles. The van der Waals surface area contributed by atoms with Crippen LogP contribution in [0, 0.1) is 0 Å². The van der Waals surface area contributed by atoms with Crippen LogP contribution < -0.4 is 9.80 Å². The summed E-state index contributed by atoms with van der Waals surface area (Å²) in [5.41, 5.74) is 0.416. The number of hydrogen-bond donors (Lipinski definition) is 0. The van der Waals surface area contributed by atoms with E-state index in [2.05, 4.69) is 38.1 Å². The standard InChI is InChI=1S/C22H18F3N5S/c23-22(24,25)16-6-7-19(26-13-16)29-8-10-30(11-9-29)20-17-12-18(15-4-2-1-3-5-15)31-21(17)28-14-27-20/h1-7,12-14H,8-11H2. The van der Waals surface area contributed by atoms with Gasteiger partial charge in [0.2, 0.25) is 0 Å². The molecule has 0 saturated carbocycles. The molecule has 0 radical (unpaired) electrons. The lowest BCUT2D eigenvalue weighted by atomic mass is 10.2. The molecular weight excluding hydrogens is 423 g/mol. The number of thiophene rings is 1. The molecule has 0 bridgehead atoms. The number of nitrogens with zero attached hydrogens (tertiary/aromatic N) is 5. The van der Waals surface area contributed by atoms with Gasteiger partial charge in [-0.25, -0.2) is 15.0 Å². The molecule has 1 fully saturated rings. The number of pyridine rings is 1. The van der Waals surface area contributed by atoms with E-state index in [4.69, 9.17) is 0 Å². The number of benzene rings is 1. The predicted molar refractivity (Wildman–Crippen MR) is 117 cm³/mol. The van der Waals surface area contributed by atoms with Gasteiger partial charge < -0.3 is 9.80 Å². The number of halogens is 3. The molecular formula is C22H18F3N5S. The molecule has 31 heavy (non-hydrogen) atoms. The molecule has 0 N–H and O–H groups in total. The number of alkyl halides is 3. The molecule has 5 nitrogen and oxygen atoms in total. The average Bonchev–Trinajstić information content (AvgIpc) is 3.24. The molecule has 0 spiro atoms. The van der Waals surface area contributed by atoms with Crippen molar-refractivity contribution in [2.24, 2.45) is 0 Å². The van der Waals surface area contributed by atoms with Crippen molar-refractivity contribution in [3.63, 3.8) is 0 Å². The van der Waals surface area contributed by atoms with Crippen molar-refractivity contribution in [2.75, 3.05) is 36.0 Å². The van der Waals surface area contributed by atoms with Crippen LogP contribution in [-0.2, 0) is 6.18 Å². The number of anilines is 2. The van der Waals surface area contributed by atoms with E-state index >= 15 is 0 Å². The van der Waals surface area contributed by atoms with Crippen LogP contribution in [0.25, 0.3) is 20.7 Å². The van der Waals surface area contributed by atoms with Crippen LogP contribution in [0.15, 0.2) is 61.1 Å².